The summed E-state index contributed by atoms with van der Waals surface area (Å²) in [6.45, 7) is 5.81. The van der Waals surface area contributed by atoms with Gasteiger partial charge in [0.2, 0.25) is 5.91 Å². The van der Waals surface area contributed by atoms with Crippen LogP contribution in [-0.2, 0) is 4.79 Å². The average Bonchev–Trinajstić information content (AvgIpc) is 3.23. The maximum absolute atomic E-state index is 12.3. The van der Waals surface area contributed by atoms with Crippen molar-refractivity contribution in [3.8, 4) is 11.5 Å². The van der Waals surface area contributed by atoms with Crippen molar-refractivity contribution in [3.63, 3.8) is 0 Å². The number of nitrogens with one attached hydrogen (secondary N) is 2. The van der Waals surface area contributed by atoms with Crippen LogP contribution in [0.5, 0.6) is 11.5 Å². The second-order valence-electron chi connectivity index (χ2n) is 7.80. The third kappa shape index (κ3) is 5.55. The zero-order chi connectivity index (χ0) is 21.5. The Morgan fingerprint density at radius 2 is 1.90 bits per heavy atom. The molecule has 7 heteroatoms. The van der Waals surface area contributed by atoms with Crippen molar-refractivity contribution < 1.29 is 14.3 Å². The van der Waals surface area contributed by atoms with Crippen molar-refractivity contribution in [1.82, 2.24) is 20.2 Å². The summed E-state index contributed by atoms with van der Waals surface area (Å²) in [5.41, 5.74) is 2.30. The first-order valence-corrected chi connectivity index (χ1v) is 11.0. The lowest BCUT2D eigenvalue weighted by Gasteiger charge is -2.31. The van der Waals surface area contributed by atoms with E-state index in [4.69, 9.17) is 9.47 Å². The summed E-state index contributed by atoms with van der Waals surface area (Å²) in [4.78, 5) is 22.2. The van der Waals surface area contributed by atoms with Crippen LogP contribution in [0.1, 0.15) is 31.2 Å². The van der Waals surface area contributed by atoms with Crippen LogP contribution < -0.4 is 14.8 Å². The molecule has 0 radical (unpaired) electrons. The number of fused-ring (bicyclic) bond motifs is 1. The van der Waals surface area contributed by atoms with Crippen LogP contribution in [0.4, 0.5) is 0 Å². The normalized spacial score (nSPS) is 15.1. The molecule has 0 unspecified atom stereocenters. The van der Waals surface area contributed by atoms with Crippen LogP contribution in [0, 0.1) is 0 Å². The first-order chi connectivity index (χ1) is 15.2. The number of hydrogen-bond donors (Lipinski definition) is 2. The van der Waals surface area contributed by atoms with Gasteiger partial charge in [-0.15, -0.1) is 0 Å². The molecule has 0 saturated carbocycles. The highest BCUT2D eigenvalue weighted by atomic mass is 16.5. The summed E-state index contributed by atoms with van der Waals surface area (Å²) < 4.78 is 11.1. The Balaban J connectivity index is 1.15. The maximum atomic E-state index is 12.3. The first kappa shape index (κ1) is 21.2. The van der Waals surface area contributed by atoms with E-state index < -0.39 is 0 Å². The lowest BCUT2D eigenvalue weighted by Crippen LogP contribution is -2.42. The molecule has 0 spiro atoms. The predicted molar refractivity (Wildman–Crippen MR) is 121 cm³/mol. The SMILES string of the molecule is CCOc1ccc(OCCNC(=O)CN2CCC(c3c[nH]c4ncccc34)CC2)cc1. The number of benzene rings is 1. The summed E-state index contributed by atoms with van der Waals surface area (Å²) in [6.07, 6.45) is 6.01. The van der Waals surface area contributed by atoms with E-state index >= 15 is 0 Å². The van der Waals surface area contributed by atoms with Gasteiger partial charge in [-0.05, 0) is 80.7 Å². The number of carbonyl (C=O) groups is 1. The van der Waals surface area contributed by atoms with E-state index in [2.05, 4.69) is 32.4 Å². The fourth-order valence-electron chi connectivity index (χ4n) is 4.13. The van der Waals surface area contributed by atoms with Crippen LogP contribution in [-0.4, -0.2) is 60.2 Å². The highest BCUT2D eigenvalue weighted by Gasteiger charge is 2.24. The fraction of sp³-hybridized carbons (Fsp3) is 0.417. The molecule has 0 aliphatic carbocycles. The number of piperidine rings is 1. The molecule has 1 aromatic carbocycles. The Morgan fingerprint density at radius 3 is 2.65 bits per heavy atom. The zero-order valence-corrected chi connectivity index (χ0v) is 18.0. The third-order valence-electron chi connectivity index (χ3n) is 5.71. The molecule has 3 aromatic rings. The molecule has 0 atom stereocenters. The molecule has 1 aliphatic rings. The van der Waals surface area contributed by atoms with Gasteiger partial charge in [-0.2, -0.15) is 0 Å². The third-order valence-corrected chi connectivity index (χ3v) is 5.71. The summed E-state index contributed by atoms with van der Waals surface area (Å²) >= 11 is 0. The topological polar surface area (TPSA) is 79.5 Å². The van der Waals surface area contributed by atoms with E-state index in [1.807, 2.05) is 43.5 Å². The Labute approximate surface area is 182 Å². The van der Waals surface area contributed by atoms with Gasteiger partial charge in [-0.25, -0.2) is 4.98 Å². The number of rotatable bonds is 9. The van der Waals surface area contributed by atoms with Crippen molar-refractivity contribution in [1.29, 1.82) is 0 Å². The van der Waals surface area contributed by atoms with E-state index in [0.717, 1.165) is 43.1 Å². The summed E-state index contributed by atoms with van der Waals surface area (Å²) in [5, 5.41) is 4.17. The quantitative estimate of drug-likeness (QED) is 0.517. The molecule has 1 saturated heterocycles. The van der Waals surface area contributed by atoms with Crippen LogP contribution in [0.3, 0.4) is 0 Å². The van der Waals surface area contributed by atoms with Crippen molar-refractivity contribution in [2.45, 2.75) is 25.7 Å². The zero-order valence-electron chi connectivity index (χ0n) is 18.0. The molecule has 2 aromatic heterocycles. The molecule has 7 nitrogen and oxygen atoms in total. The number of hydrogen-bond acceptors (Lipinski definition) is 5. The van der Waals surface area contributed by atoms with Crippen LogP contribution in [0.15, 0.2) is 48.8 Å². The van der Waals surface area contributed by atoms with Gasteiger partial charge < -0.3 is 19.8 Å². The molecule has 0 bridgehead atoms. The highest BCUT2D eigenvalue weighted by molar-refractivity contribution is 5.80. The molecule has 1 amide bonds. The maximum Gasteiger partial charge on any atom is 0.234 e. The van der Waals surface area contributed by atoms with Gasteiger partial charge >= 0.3 is 0 Å². The number of ether oxygens (including phenoxy) is 2. The van der Waals surface area contributed by atoms with E-state index in [1.165, 1.54) is 10.9 Å². The lowest BCUT2D eigenvalue weighted by molar-refractivity contribution is -0.122. The van der Waals surface area contributed by atoms with Crippen LogP contribution in [0.25, 0.3) is 11.0 Å². The number of likely N-dealkylation sites (tertiary alicyclic amines) is 1. The Kier molecular flexibility index (Phi) is 7.04. The molecule has 1 fully saturated rings. The van der Waals surface area contributed by atoms with Crippen molar-refractivity contribution >= 4 is 16.9 Å². The molecular weight excluding hydrogens is 392 g/mol. The van der Waals surface area contributed by atoms with Gasteiger partial charge in [0.05, 0.1) is 19.7 Å². The van der Waals surface area contributed by atoms with Crippen molar-refractivity contribution in [2.24, 2.45) is 0 Å². The van der Waals surface area contributed by atoms with Gasteiger partial charge in [0.15, 0.2) is 0 Å². The average molecular weight is 423 g/mol. The monoisotopic (exact) mass is 422 g/mol. The number of carbonyl (C=O) groups excluding carboxylic acids is 1. The van der Waals surface area contributed by atoms with Crippen LogP contribution in [0.2, 0.25) is 0 Å². The molecular formula is C24H30N4O3. The van der Waals surface area contributed by atoms with Gasteiger partial charge in [-0.3, -0.25) is 9.69 Å². The molecule has 2 N–H and O–H groups in total. The van der Waals surface area contributed by atoms with Crippen molar-refractivity contribution in [3.05, 3.63) is 54.4 Å². The number of amides is 1. The number of aromatic nitrogens is 2. The summed E-state index contributed by atoms with van der Waals surface area (Å²) in [6, 6.07) is 11.6. The second-order valence-corrected chi connectivity index (χ2v) is 7.80. The molecule has 1 aliphatic heterocycles. The van der Waals surface area contributed by atoms with E-state index in [0.29, 0.717) is 32.2 Å². The minimum atomic E-state index is 0.0463. The number of H-pyrrole nitrogens is 1. The van der Waals surface area contributed by atoms with E-state index in [1.54, 1.807) is 0 Å². The first-order valence-electron chi connectivity index (χ1n) is 11.0. The minimum Gasteiger partial charge on any atom is -0.494 e. The van der Waals surface area contributed by atoms with Gasteiger partial charge in [-0.1, -0.05) is 0 Å². The molecule has 4 rings (SSSR count). The Hall–Kier alpha value is -3.06. The second kappa shape index (κ2) is 10.3. The lowest BCUT2D eigenvalue weighted by atomic mass is 9.89. The number of nitrogens with zero attached hydrogens (tertiary/aromatic N) is 2. The van der Waals surface area contributed by atoms with Gasteiger partial charge in [0.1, 0.15) is 23.8 Å². The predicted octanol–water partition coefficient (Wildman–Crippen LogP) is 3.34. The highest BCUT2D eigenvalue weighted by Crippen LogP contribution is 2.32. The van der Waals surface area contributed by atoms with E-state index in [9.17, 15) is 4.79 Å². The fourth-order valence-corrected chi connectivity index (χ4v) is 4.13. The molecule has 3 heterocycles. The summed E-state index contributed by atoms with van der Waals surface area (Å²) in [5.74, 6) is 2.16. The minimum absolute atomic E-state index is 0.0463. The van der Waals surface area contributed by atoms with Gasteiger partial charge in [0.25, 0.3) is 0 Å². The number of pyridine rings is 1. The summed E-state index contributed by atoms with van der Waals surface area (Å²) in [7, 11) is 0. The number of aromatic amines is 1. The largest absolute Gasteiger partial charge is 0.494 e. The van der Waals surface area contributed by atoms with E-state index in [-0.39, 0.29) is 5.91 Å². The Morgan fingerprint density at radius 1 is 1.16 bits per heavy atom. The van der Waals surface area contributed by atoms with Crippen LogP contribution >= 0.6 is 0 Å². The van der Waals surface area contributed by atoms with Crippen molar-refractivity contribution in [2.75, 3.05) is 39.4 Å². The standard InChI is InChI=1S/C24H30N4O3/c1-2-30-19-5-7-20(8-6-19)31-15-12-25-23(29)17-28-13-9-18(10-14-28)22-16-27-24-21(22)4-3-11-26-24/h3-8,11,16,18H,2,9-10,12-15,17H2,1H3,(H,25,29)(H,26,27). The smallest absolute Gasteiger partial charge is 0.234 e. The molecule has 31 heavy (non-hydrogen) atoms. The van der Waals surface area contributed by atoms with Gasteiger partial charge in [0, 0.05) is 17.8 Å². The molecule has 164 valence electrons. The Bertz CT molecular complexity index is 978.